The second-order valence-electron chi connectivity index (χ2n) is 6.19. The van der Waals surface area contributed by atoms with E-state index in [1.807, 2.05) is 18.2 Å². The normalized spacial score (nSPS) is 17.0. The van der Waals surface area contributed by atoms with Gasteiger partial charge in [0.25, 0.3) is 0 Å². The van der Waals surface area contributed by atoms with Crippen LogP contribution in [0.5, 0.6) is 0 Å². The van der Waals surface area contributed by atoms with Crippen molar-refractivity contribution >= 4 is 35.8 Å². The molecule has 7 heteroatoms. The van der Waals surface area contributed by atoms with Crippen LogP contribution in [-0.4, -0.2) is 62.3 Å². The number of aliphatic imine (C=N–C) groups is 1. The lowest BCUT2D eigenvalue weighted by molar-refractivity contribution is 0.181. The monoisotopic (exact) mass is 461 g/mol. The fraction of sp³-hybridized carbons (Fsp3) is 0.667. The van der Waals surface area contributed by atoms with Crippen molar-refractivity contribution in [1.82, 2.24) is 15.2 Å². The Kier molecular flexibility index (Phi) is 11.6. The van der Waals surface area contributed by atoms with Crippen LogP contribution in [0, 0.1) is 5.92 Å². The van der Waals surface area contributed by atoms with E-state index in [1.165, 1.54) is 0 Å². The molecule has 2 heterocycles. The third kappa shape index (κ3) is 8.71. The van der Waals surface area contributed by atoms with Crippen molar-refractivity contribution in [2.45, 2.75) is 26.2 Å². The van der Waals surface area contributed by atoms with Crippen molar-refractivity contribution in [1.29, 1.82) is 0 Å². The molecule has 0 radical (unpaired) electrons. The molecule has 1 fully saturated rings. The van der Waals surface area contributed by atoms with Crippen LogP contribution in [0.2, 0.25) is 0 Å². The molecule has 1 aliphatic heterocycles. The van der Waals surface area contributed by atoms with Crippen molar-refractivity contribution in [2.24, 2.45) is 10.9 Å². The summed E-state index contributed by atoms with van der Waals surface area (Å²) >= 11 is 0. The number of guanidine groups is 1. The van der Waals surface area contributed by atoms with Gasteiger partial charge in [-0.3, -0.25) is 4.99 Å². The Morgan fingerprint density at radius 2 is 2.28 bits per heavy atom. The zero-order chi connectivity index (χ0) is 17.0. The highest BCUT2D eigenvalue weighted by atomic mass is 127. The minimum absolute atomic E-state index is 0. The van der Waals surface area contributed by atoms with Gasteiger partial charge in [-0.25, -0.2) is 4.98 Å². The van der Waals surface area contributed by atoms with Crippen LogP contribution in [-0.2, 0) is 4.74 Å². The molecule has 1 aromatic rings. The topological polar surface area (TPSA) is 61.8 Å². The maximum atomic E-state index is 5.46. The van der Waals surface area contributed by atoms with E-state index in [0.717, 1.165) is 70.4 Å². The van der Waals surface area contributed by atoms with Gasteiger partial charge in [0.15, 0.2) is 5.96 Å². The van der Waals surface area contributed by atoms with Gasteiger partial charge in [0.05, 0.1) is 6.61 Å². The minimum atomic E-state index is 0. The van der Waals surface area contributed by atoms with Gasteiger partial charge < -0.3 is 20.3 Å². The van der Waals surface area contributed by atoms with E-state index in [2.05, 4.69) is 34.5 Å². The summed E-state index contributed by atoms with van der Waals surface area (Å²) in [6.45, 7) is 7.56. The predicted octanol–water partition coefficient (Wildman–Crippen LogP) is 2.83. The highest BCUT2D eigenvalue weighted by molar-refractivity contribution is 14.0. The van der Waals surface area contributed by atoms with Crippen molar-refractivity contribution in [2.75, 3.05) is 51.8 Å². The quantitative estimate of drug-likeness (QED) is 0.256. The number of pyridine rings is 1. The molecule has 0 aromatic carbocycles. The number of nitrogens with zero attached hydrogens (tertiary/aromatic N) is 3. The zero-order valence-corrected chi connectivity index (χ0v) is 17.7. The number of anilines is 1. The molecule has 1 atom stereocenters. The fourth-order valence-corrected chi connectivity index (χ4v) is 2.78. The molecule has 2 N–H and O–H groups in total. The molecule has 1 aromatic heterocycles. The third-order valence-electron chi connectivity index (χ3n) is 4.07. The van der Waals surface area contributed by atoms with Gasteiger partial charge in [-0.2, -0.15) is 0 Å². The van der Waals surface area contributed by atoms with Crippen molar-refractivity contribution < 1.29 is 4.74 Å². The number of hydrogen-bond acceptors (Lipinski definition) is 4. The zero-order valence-electron chi connectivity index (χ0n) is 15.4. The Bertz CT molecular complexity index is 480. The maximum absolute atomic E-state index is 5.46. The molecular weight excluding hydrogens is 429 g/mol. The first-order valence-electron chi connectivity index (χ1n) is 9.01. The second kappa shape index (κ2) is 13.2. The van der Waals surface area contributed by atoms with Crippen molar-refractivity contribution in [3.8, 4) is 0 Å². The molecule has 0 aliphatic carbocycles. The third-order valence-corrected chi connectivity index (χ3v) is 4.07. The van der Waals surface area contributed by atoms with Crippen molar-refractivity contribution in [3.05, 3.63) is 24.4 Å². The first-order valence-corrected chi connectivity index (χ1v) is 9.01. The Balaban J connectivity index is 0.00000312. The summed E-state index contributed by atoms with van der Waals surface area (Å²) < 4.78 is 5.46. The predicted molar refractivity (Wildman–Crippen MR) is 115 cm³/mol. The van der Waals surface area contributed by atoms with E-state index < -0.39 is 0 Å². The van der Waals surface area contributed by atoms with Crippen LogP contribution in [0.15, 0.2) is 29.4 Å². The summed E-state index contributed by atoms with van der Waals surface area (Å²) in [5.41, 5.74) is 0. The summed E-state index contributed by atoms with van der Waals surface area (Å²) in [7, 11) is 2.11. The second-order valence-corrected chi connectivity index (χ2v) is 6.19. The summed E-state index contributed by atoms with van der Waals surface area (Å²) in [5, 5.41) is 6.71. The fourth-order valence-electron chi connectivity index (χ4n) is 2.78. The molecule has 2 rings (SSSR count). The molecular formula is C18H32IN5O. The average Bonchev–Trinajstić information content (AvgIpc) is 3.10. The number of rotatable bonds is 9. The highest BCUT2D eigenvalue weighted by Gasteiger charge is 2.18. The van der Waals surface area contributed by atoms with Crippen LogP contribution in [0.4, 0.5) is 5.82 Å². The largest absolute Gasteiger partial charge is 0.381 e. The van der Waals surface area contributed by atoms with Gasteiger partial charge in [0.2, 0.25) is 0 Å². The number of unbranched alkanes of at least 4 members (excludes halogenated alkanes) is 1. The molecule has 0 amide bonds. The van der Waals surface area contributed by atoms with Gasteiger partial charge in [0, 0.05) is 51.9 Å². The SMILES string of the molecule is CCNC(=NCCCCNc1ccccn1)N(C)CC1CCOC1.I. The first kappa shape index (κ1) is 22.0. The van der Waals surface area contributed by atoms with E-state index in [0.29, 0.717) is 5.92 Å². The number of halogens is 1. The maximum Gasteiger partial charge on any atom is 0.193 e. The van der Waals surface area contributed by atoms with Crippen LogP contribution in [0.25, 0.3) is 0 Å². The van der Waals surface area contributed by atoms with Gasteiger partial charge in [-0.05, 0) is 38.3 Å². The van der Waals surface area contributed by atoms with E-state index in [9.17, 15) is 0 Å². The van der Waals surface area contributed by atoms with Gasteiger partial charge in [-0.15, -0.1) is 24.0 Å². The Morgan fingerprint density at radius 1 is 1.40 bits per heavy atom. The number of ether oxygens (including phenoxy) is 1. The number of aromatic nitrogens is 1. The van der Waals surface area contributed by atoms with E-state index in [4.69, 9.17) is 9.73 Å². The molecule has 0 saturated carbocycles. The van der Waals surface area contributed by atoms with Crippen LogP contribution in [0.3, 0.4) is 0 Å². The molecule has 142 valence electrons. The Hall–Kier alpha value is -1.09. The van der Waals surface area contributed by atoms with E-state index >= 15 is 0 Å². The van der Waals surface area contributed by atoms with Crippen LogP contribution < -0.4 is 10.6 Å². The lowest BCUT2D eigenvalue weighted by Crippen LogP contribution is -2.41. The molecule has 1 unspecified atom stereocenters. The van der Waals surface area contributed by atoms with E-state index in [1.54, 1.807) is 6.20 Å². The first-order chi connectivity index (χ1) is 11.8. The molecule has 0 spiro atoms. The van der Waals surface area contributed by atoms with Gasteiger partial charge >= 0.3 is 0 Å². The van der Waals surface area contributed by atoms with Crippen LogP contribution in [0.1, 0.15) is 26.2 Å². The van der Waals surface area contributed by atoms with Gasteiger partial charge in [0.1, 0.15) is 5.82 Å². The molecule has 6 nitrogen and oxygen atoms in total. The molecule has 1 aliphatic rings. The molecule has 1 saturated heterocycles. The summed E-state index contributed by atoms with van der Waals surface area (Å²) in [4.78, 5) is 11.2. The smallest absolute Gasteiger partial charge is 0.193 e. The van der Waals surface area contributed by atoms with Gasteiger partial charge in [-0.1, -0.05) is 6.07 Å². The number of nitrogens with one attached hydrogen (secondary N) is 2. The molecule has 25 heavy (non-hydrogen) atoms. The highest BCUT2D eigenvalue weighted by Crippen LogP contribution is 2.13. The number of hydrogen-bond donors (Lipinski definition) is 2. The Morgan fingerprint density at radius 3 is 2.96 bits per heavy atom. The van der Waals surface area contributed by atoms with Crippen LogP contribution >= 0.6 is 24.0 Å². The lowest BCUT2D eigenvalue weighted by atomic mass is 10.1. The van der Waals surface area contributed by atoms with Crippen molar-refractivity contribution in [3.63, 3.8) is 0 Å². The average molecular weight is 461 g/mol. The Labute approximate surface area is 168 Å². The summed E-state index contributed by atoms with van der Waals surface area (Å²) in [6.07, 6.45) is 5.11. The molecule has 0 bridgehead atoms. The van der Waals surface area contributed by atoms with E-state index in [-0.39, 0.29) is 24.0 Å². The summed E-state index contributed by atoms with van der Waals surface area (Å²) in [5.74, 6) is 2.57. The standard InChI is InChI=1S/C18H31N5O.HI/c1-3-19-18(23(2)14-16-9-13-24-15-16)22-12-7-6-11-21-17-8-4-5-10-20-17;/h4-5,8,10,16H,3,6-7,9,11-15H2,1-2H3,(H,19,22)(H,20,21);1H. The lowest BCUT2D eigenvalue weighted by Gasteiger charge is -2.24. The minimum Gasteiger partial charge on any atom is -0.381 e. The summed E-state index contributed by atoms with van der Waals surface area (Å²) in [6, 6.07) is 5.91.